The summed E-state index contributed by atoms with van der Waals surface area (Å²) in [7, 11) is 0. The van der Waals surface area contributed by atoms with Gasteiger partial charge < -0.3 is 10.1 Å². The second-order valence-corrected chi connectivity index (χ2v) is 4.90. The number of hydrogen-bond donors (Lipinski definition) is 0. The van der Waals surface area contributed by atoms with E-state index >= 15 is 0 Å². The van der Waals surface area contributed by atoms with Gasteiger partial charge in [-0.05, 0) is 10.5 Å². The molecule has 0 N–H and O–H groups in total. The van der Waals surface area contributed by atoms with Crippen LogP contribution in [-0.4, -0.2) is 29.5 Å². The standard InChI is InChI=1S/C14H14N6O2/c1-11-15-7-14(20(21)22)19(11)10-13-9-18(17-16-13)8-12-5-3-2-4-6-12/h2-7,9H,8,10H2,1H3. The zero-order chi connectivity index (χ0) is 15.5. The van der Waals surface area contributed by atoms with E-state index in [0.717, 1.165) is 5.56 Å². The Morgan fingerprint density at radius 1 is 1.23 bits per heavy atom. The minimum atomic E-state index is -0.450. The molecule has 0 bridgehead atoms. The van der Waals surface area contributed by atoms with Gasteiger partial charge >= 0.3 is 5.82 Å². The third-order valence-electron chi connectivity index (χ3n) is 3.31. The van der Waals surface area contributed by atoms with Crippen LogP contribution in [0.3, 0.4) is 0 Å². The number of aromatic nitrogens is 5. The fraction of sp³-hybridized carbons (Fsp3) is 0.214. The second-order valence-electron chi connectivity index (χ2n) is 4.90. The second kappa shape index (κ2) is 5.76. The number of benzene rings is 1. The molecule has 3 aromatic rings. The minimum absolute atomic E-state index is 0.0462. The van der Waals surface area contributed by atoms with Crippen molar-refractivity contribution >= 4 is 5.82 Å². The molecule has 1 aromatic carbocycles. The number of rotatable bonds is 5. The molecule has 22 heavy (non-hydrogen) atoms. The maximum Gasteiger partial charge on any atom is 0.343 e. The molecule has 0 atom stereocenters. The molecule has 0 saturated heterocycles. The fourth-order valence-corrected chi connectivity index (χ4v) is 2.22. The lowest BCUT2D eigenvalue weighted by molar-refractivity contribution is -0.392. The molecule has 8 heteroatoms. The van der Waals surface area contributed by atoms with Gasteiger partial charge in [-0.2, -0.15) is 0 Å². The lowest BCUT2D eigenvalue weighted by Gasteiger charge is -2.00. The molecule has 0 amide bonds. The summed E-state index contributed by atoms with van der Waals surface area (Å²) in [6, 6.07) is 9.90. The average molecular weight is 298 g/mol. The van der Waals surface area contributed by atoms with Gasteiger partial charge in [0.1, 0.15) is 18.4 Å². The number of imidazole rings is 1. The molecular formula is C14H14N6O2. The van der Waals surface area contributed by atoms with Gasteiger partial charge in [0.2, 0.25) is 0 Å². The van der Waals surface area contributed by atoms with Crippen LogP contribution in [0.1, 0.15) is 17.1 Å². The molecular weight excluding hydrogens is 284 g/mol. The van der Waals surface area contributed by atoms with E-state index in [1.165, 1.54) is 10.8 Å². The van der Waals surface area contributed by atoms with Gasteiger partial charge in [-0.1, -0.05) is 35.5 Å². The topological polar surface area (TPSA) is 91.7 Å². The highest BCUT2D eigenvalue weighted by molar-refractivity contribution is 5.20. The first-order valence-electron chi connectivity index (χ1n) is 6.73. The molecule has 0 aliphatic rings. The van der Waals surface area contributed by atoms with E-state index in [1.807, 2.05) is 30.3 Å². The molecule has 0 spiro atoms. The molecule has 0 saturated carbocycles. The van der Waals surface area contributed by atoms with Crippen LogP contribution >= 0.6 is 0 Å². The van der Waals surface area contributed by atoms with Crippen LogP contribution < -0.4 is 0 Å². The first kappa shape index (κ1) is 13.9. The maximum atomic E-state index is 11.0. The van der Waals surface area contributed by atoms with E-state index in [1.54, 1.807) is 17.8 Å². The van der Waals surface area contributed by atoms with Crippen LogP contribution in [0.2, 0.25) is 0 Å². The predicted molar refractivity (Wildman–Crippen MR) is 78.3 cm³/mol. The quantitative estimate of drug-likeness (QED) is 0.529. The largest absolute Gasteiger partial charge is 0.358 e. The van der Waals surface area contributed by atoms with Gasteiger partial charge in [-0.3, -0.25) is 0 Å². The summed E-state index contributed by atoms with van der Waals surface area (Å²) in [5, 5.41) is 19.1. The van der Waals surface area contributed by atoms with Crippen molar-refractivity contribution in [1.82, 2.24) is 24.5 Å². The lowest BCUT2D eigenvalue weighted by Crippen LogP contribution is -2.06. The molecule has 3 rings (SSSR count). The third kappa shape index (κ3) is 2.85. The summed E-state index contributed by atoms with van der Waals surface area (Å²) in [4.78, 5) is 14.5. The highest BCUT2D eigenvalue weighted by atomic mass is 16.6. The van der Waals surface area contributed by atoms with Crippen LogP contribution in [0.25, 0.3) is 0 Å². The molecule has 2 aromatic heterocycles. The first-order chi connectivity index (χ1) is 10.6. The fourth-order valence-electron chi connectivity index (χ4n) is 2.22. The summed E-state index contributed by atoms with van der Waals surface area (Å²) < 4.78 is 3.22. The number of nitrogens with zero attached hydrogens (tertiary/aromatic N) is 6. The van der Waals surface area contributed by atoms with Crippen molar-refractivity contribution in [2.75, 3.05) is 0 Å². The zero-order valence-corrected chi connectivity index (χ0v) is 12.0. The van der Waals surface area contributed by atoms with Gasteiger partial charge in [0.05, 0.1) is 12.7 Å². The number of nitro groups is 1. The van der Waals surface area contributed by atoms with Crippen LogP contribution in [0.4, 0.5) is 5.82 Å². The van der Waals surface area contributed by atoms with Crippen molar-refractivity contribution in [3.05, 3.63) is 69.9 Å². The molecule has 0 aliphatic heterocycles. The smallest absolute Gasteiger partial charge is 0.343 e. The van der Waals surface area contributed by atoms with Crippen molar-refractivity contribution in [3.63, 3.8) is 0 Å². The molecule has 8 nitrogen and oxygen atoms in total. The minimum Gasteiger partial charge on any atom is -0.358 e. The lowest BCUT2D eigenvalue weighted by atomic mass is 10.2. The maximum absolute atomic E-state index is 11.0. The normalized spacial score (nSPS) is 10.8. The molecule has 0 unspecified atom stereocenters. The Kier molecular flexibility index (Phi) is 3.65. The monoisotopic (exact) mass is 298 g/mol. The zero-order valence-electron chi connectivity index (χ0n) is 12.0. The summed E-state index contributed by atoms with van der Waals surface area (Å²) in [6.45, 7) is 2.61. The Morgan fingerprint density at radius 3 is 2.73 bits per heavy atom. The van der Waals surface area contributed by atoms with Crippen LogP contribution in [0.15, 0.2) is 42.7 Å². The SMILES string of the molecule is Cc1ncc([N+](=O)[O-])n1Cc1cn(Cc2ccccc2)nn1. The van der Waals surface area contributed by atoms with E-state index in [0.29, 0.717) is 18.1 Å². The van der Waals surface area contributed by atoms with Gasteiger partial charge in [-0.15, -0.1) is 5.10 Å². The van der Waals surface area contributed by atoms with Gasteiger partial charge in [0, 0.05) is 6.92 Å². The Labute approximate surface area is 126 Å². The molecule has 0 fully saturated rings. The highest BCUT2D eigenvalue weighted by Crippen LogP contribution is 2.15. The predicted octanol–water partition coefficient (Wildman–Crippen LogP) is 1.79. The number of aryl methyl sites for hydroxylation is 1. The third-order valence-corrected chi connectivity index (χ3v) is 3.31. The van der Waals surface area contributed by atoms with E-state index in [9.17, 15) is 10.1 Å². The van der Waals surface area contributed by atoms with Crippen molar-refractivity contribution in [3.8, 4) is 0 Å². The molecule has 0 radical (unpaired) electrons. The van der Waals surface area contributed by atoms with Gasteiger partial charge in [0.15, 0.2) is 5.82 Å². The Hall–Kier alpha value is -3.03. The van der Waals surface area contributed by atoms with Crippen LogP contribution in [0, 0.1) is 17.0 Å². The van der Waals surface area contributed by atoms with Crippen LogP contribution in [-0.2, 0) is 13.1 Å². The summed E-state index contributed by atoms with van der Waals surface area (Å²) >= 11 is 0. The van der Waals surface area contributed by atoms with Crippen molar-refractivity contribution < 1.29 is 4.92 Å². The highest BCUT2D eigenvalue weighted by Gasteiger charge is 2.18. The molecule has 112 valence electrons. The van der Waals surface area contributed by atoms with E-state index < -0.39 is 4.92 Å². The van der Waals surface area contributed by atoms with Crippen LogP contribution in [0.5, 0.6) is 0 Å². The number of hydrogen-bond acceptors (Lipinski definition) is 5. The van der Waals surface area contributed by atoms with E-state index in [2.05, 4.69) is 15.3 Å². The molecule has 2 heterocycles. The Morgan fingerprint density at radius 2 is 2.00 bits per heavy atom. The van der Waals surface area contributed by atoms with Gasteiger partial charge in [0.25, 0.3) is 0 Å². The van der Waals surface area contributed by atoms with Gasteiger partial charge in [-0.25, -0.2) is 14.2 Å². The summed E-state index contributed by atoms with van der Waals surface area (Å²) in [5.74, 6) is 0.527. The average Bonchev–Trinajstić information content (AvgIpc) is 3.08. The Bertz CT molecular complexity index is 793. The molecule has 0 aliphatic carbocycles. The van der Waals surface area contributed by atoms with E-state index in [4.69, 9.17) is 0 Å². The van der Waals surface area contributed by atoms with Crippen molar-refractivity contribution in [2.24, 2.45) is 0 Å². The first-order valence-corrected chi connectivity index (χ1v) is 6.73. The Balaban J connectivity index is 1.78. The van der Waals surface area contributed by atoms with Crippen molar-refractivity contribution in [2.45, 2.75) is 20.0 Å². The van der Waals surface area contributed by atoms with E-state index in [-0.39, 0.29) is 12.4 Å². The summed E-state index contributed by atoms with van der Waals surface area (Å²) in [6.07, 6.45) is 3.04. The van der Waals surface area contributed by atoms with Crippen molar-refractivity contribution in [1.29, 1.82) is 0 Å². The summed E-state index contributed by atoms with van der Waals surface area (Å²) in [5.41, 5.74) is 1.77.